The third kappa shape index (κ3) is 2.75. The van der Waals surface area contributed by atoms with Gasteiger partial charge in [0.25, 0.3) is 0 Å². The molecule has 0 aromatic rings. The molecule has 0 bridgehead atoms. The number of alkyl halides is 2. The molecule has 2 aliphatic heterocycles. The molecule has 2 N–H and O–H groups in total. The van der Waals surface area contributed by atoms with Crippen LogP contribution in [0.1, 0.15) is 38.5 Å². The lowest BCUT2D eigenvalue weighted by Crippen LogP contribution is -2.69. The van der Waals surface area contributed by atoms with Crippen LogP contribution in [-0.4, -0.2) is 35.1 Å². The number of nitrogens with one attached hydrogen (secondary N) is 2. The van der Waals surface area contributed by atoms with Gasteiger partial charge in [0.2, 0.25) is 0 Å². The van der Waals surface area contributed by atoms with Crippen LogP contribution in [0.2, 0.25) is 0 Å². The summed E-state index contributed by atoms with van der Waals surface area (Å²) < 4.78 is 28.5. The van der Waals surface area contributed by atoms with E-state index in [9.17, 15) is 8.78 Å². The summed E-state index contributed by atoms with van der Waals surface area (Å²) in [6, 6.07) is 1.99. The van der Waals surface area contributed by atoms with Crippen molar-refractivity contribution in [3.8, 4) is 6.07 Å². The van der Waals surface area contributed by atoms with Crippen LogP contribution in [0.25, 0.3) is 0 Å². The van der Waals surface area contributed by atoms with Crippen LogP contribution in [0.3, 0.4) is 0 Å². The first kappa shape index (κ1) is 16.4. The summed E-state index contributed by atoms with van der Waals surface area (Å²) in [5.41, 5.74) is 1.09. The fourth-order valence-corrected chi connectivity index (χ4v) is 5.81. The van der Waals surface area contributed by atoms with Crippen LogP contribution in [0.15, 0.2) is 22.8 Å². The van der Waals surface area contributed by atoms with Crippen LogP contribution in [0.5, 0.6) is 0 Å². The third-order valence-electron chi connectivity index (χ3n) is 5.39. The summed E-state index contributed by atoms with van der Waals surface area (Å²) in [5, 5.41) is 15.0. The van der Waals surface area contributed by atoms with Gasteiger partial charge in [0.1, 0.15) is 12.2 Å². The van der Waals surface area contributed by atoms with Crippen molar-refractivity contribution < 1.29 is 8.78 Å². The SMILES string of the molecule is N#CC1C(F)NC(N2C3=C(CCC=C3)SC3CCCCC32)NC1F. The van der Waals surface area contributed by atoms with Gasteiger partial charge in [-0.3, -0.25) is 10.6 Å². The lowest BCUT2D eigenvalue weighted by molar-refractivity contribution is -0.0251. The van der Waals surface area contributed by atoms with Gasteiger partial charge in [-0.25, -0.2) is 8.78 Å². The van der Waals surface area contributed by atoms with Gasteiger partial charge in [0, 0.05) is 21.9 Å². The van der Waals surface area contributed by atoms with E-state index < -0.39 is 24.8 Å². The zero-order chi connectivity index (χ0) is 16.7. The average Bonchev–Trinajstić information content (AvgIpc) is 2.59. The zero-order valence-electron chi connectivity index (χ0n) is 13.4. The Morgan fingerprint density at radius 1 is 1.21 bits per heavy atom. The van der Waals surface area contributed by atoms with E-state index in [2.05, 4.69) is 27.7 Å². The van der Waals surface area contributed by atoms with E-state index in [-0.39, 0.29) is 6.04 Å². The number of rotatable bonds is 1. The molecule has 4 nitrogen and oxygen atoms in total. The van der Waals surface area contributed by atoms with E-state index in [0.717, 1.165) is 37.8 Å². The number of allylic oxidation sites excluding steroid dienone is 3. The minimum Gasteiger partial charge on any atom is -0.339 e. The average molecular weight is 352 g/mol. The molecule has 7 heteroatoms. The molecule has 24 heavy (non-hydrogen) atoms. The molecule has 1 saturated heterocycles. The third-order valence-corrected chi connectivity index (χ3v) is 6.94. The Morgan fingerprint density at radius 2 is 1.96 bits per heavy atom. The highest BCUT2D eigenvalue weighted by molar-refractivity contribution is 8.03. The number of hydrogen-bond acceptors (Lipinski definition) is 5. The van der Waals surface area contributed by atoms with Gasteiger partial charge in [-0.15, -0.1) is 11.8 Å². The molecular formula is C17H22F2N4S. The number of hydrogen-bond donors (Lipinski definition) is 2. The molecule has 2 fully saturated rings. The topological polar surface area (TPSA) is 51.1 Å². The normalized spacial score (nSPS) is 42.3. The minimum absolute atomic E-state index is 0.272. The second-order valence-electron chi connectivity index (χ2n) is 6.86. The van der Waals surface area contributed by atoms with Crippen LogP contribution in [0.4, 0.5) is 8.78 Å². The van der Waals surface area contributed by atoms with E-state index in [1.165, 1.54) is 11.3 Å². The van der Waals surface area contributed by atoms with E-state index in [1.54, 1.807) is 6.07 Å². The predicted octanol–water partition coefficient (Wildman–Crippen LogP) is 3.12. The first-order valence-electron chi connectivity index (χ1n) is 8.73. The maximum absolute atomic E-state index is 14.3. The molecule has 4 unspecified atom stereocenters. The molecule has 2 aliphatic carbocycles. The van der Waals surface area contributed by atoms with Crippen molar-refractivity contribution in [2.75, 3.05) is 0 Å². The fourth-order valence-electron chi connectivity index (χ4n) is 4.20. The molecule has 0 spiro atoms. The monoisotopic (exact) mass is 352 g/mol. The highest BCUT2D eigenvalue weighted by Crippen LogP contribution is 2.47. The number of halogens is 2. The minimum atomic E-state index is -1.66. The second kappa shape index (κ2) is 6.66. The summed E-state index contributed by atoms with van der Waals surface area (Å²) in [5.74, 6) is -1.31. The maximum Gasteiger partial charge on any atom is 0.173 e. The molecule has 0 aromatic heterocycles. The van der Waals surface area contributed by atoms with E-state index in [1.807, 2.05) is 11.8 Å². The van der Waals surface area contributed by atoms with E-state index in [0.29, 0.717) is 5.25 Å². The summed E-state index contributed by atoms with van der Waals surface area (Å²) in [7, 11) is 0. The quantitative estimate of drug-likeness (QED) is 0.710. The summed E-state index contributed by atoms with van der Waals surface area (Å²) in [4.78, 5) is 3.48. The molecule has 1 saturated carbocycles. The smallest absolute Gasteiger partial charge is 0.173 e. The Morgan fingerprint density at radius 3 is 2.71 bits per heavy atom. The summed E-state index contributed by atoms with van der Waals surface area (Å²) in [6.45, 7) is 0. The Hall–Kier alpha value is -1.10. The number of fused-ring (bicyclic) bond motifs is 1. The zero-order valence-corrected chi connectivity index (χ0v) is 14.2. The van der Waals surface area contributed by atoms with Gasteiger partial charge in [-0.2, -0.15) is 5.26 Å². The molecule has 130 valence electrons. The van der Waals surface area contributed by atoms with Crippen LogP contribution in [0, 0.1) is 17.2 Å². The van der Waals surface area contributed by atoms with Crippen molar-refractivity contribution in [3.63, 3.8) is 0 Å². The Balaban J connectivity index is 1.66. The molecule has 0 amide bonds. The largest absolute Gasteiger partial charge is 0.339 e. The lowest BCUT2D eigenvalue weighted by atomic mass is 9.92. The van der Waals surface area contributed by atoms with Crippen molar-refractivity contribution in [2.45, 2.75) is 68.7 Å². The lowest BCUT2D eigenvalue weighted by Gasteiger charge is -2.52. The summed E-state index contributed by atoms with van der Waals surface area (Å²) >= 11 is 1.97. The van der Waals surface area contributed by atoms with Crippen molar-refractivity contribution in [1.82, 2.24) is 15.5 Å². The molecule has 0 radical (unpaired) electrons. The van der Waals surface area contributed by atoms with E-state index >= 15 is 0 Å². The first-order chi connectivity index (χ1) is 11.7. The fraction of sp³-hybridized carbons (Fsp3) is 0.706. The number of nitriles is 1. The van der Waals surface area contributed by atoms with Gasteiger partial charge in [-0.05, 0) is 31.8 Å². The molecule has 4 atom stereocenters. The van der Waals surface area contributed by atoms with E-state index in [4.69, 9.17) is 5.26 Å². The van der Waals surface area contributed by atoms with Gasteiger partial charge < -0.3 is 4.90 Å². The standard InChI is InChI=1S/C17H22F2N4S/c18-15-10(9-20)16(19)22-17(21-15)23-11-5-1-3-7-13(11)24-14-8-4-2-6-12(14)23/h1,5,10,12,14-17,21-22H,2-4,6-8H2. The van der Waals surface area contributed by atoms with Gasteiger partial charge >= 0.3 is 0 Å². The maximum atomic E-state index is 14.3. The highest BCUT2D eigenvalue weighted by atomic mass is 32.2. The highest BCUT2D eigenvalue weighted by Gasteiger charge is 2.46. The molecule has 4 rings (SSSR count). The van der Waals surface area contributed by atoms with Crippen molar-refractivity contribution in [1.29, 1.82) is 5.26 Å². The van der Waals surface area contributed by atoms with Gasteiger partial charge in [-0.1, -0.05) is 18.9 Å². The van der Waals surface area contributed by atoms with Crippen molar-refractivity contribution in [3.05, 3.63) is 22.8 Å². The number of thioether (sulfide) groups is 1. The Labute approximate surface area is 145 Å². The molecule has 0 aromatic carbocycles. The van der Waals surface area contributed by atoms with Gasteiger partial charge in [0.05, 0.1) is 6.07 Å². The number of nitrogens with zero attached hydrogens (tertiary/aromatic N) is 2. The molecule has 2 heterocycles. The Bertz CT molecular complexity index is 590. The van der Waals surface area contributed by atoms with Crippen molar-refractivity contribution in [2.24, 2.45) is 5.92 Å². The molecular weight excluding hydrogens is 330 g/mol. The summed E-state index contributed by atoms with van der Waals surface area (Å²) in [6.07, 6.45) is 6.88. The van der Waals surface area contributed by atoms with Crippen molar-refractivity contribution >= 4 is 11.8 Å². The van der Waals surface area contributed by atoms with Crippen LogP contribution < -0.4 is 10.6 Å². The first-order valence-corrected chi connectivity index (χ1v) is 9.61. The van der Waals surface area contributed by atoms with Crippen LogP contribution >= 0.6 is 11.8 Å². The van der Waals surface area contributed by atoms with Gasteiger partial charge in [0.15, 0.2) is 12.6 Å². The molecule has 4 aliphatic rings. The Kier molecular flexibility index (Phi) is 4.54. The van der Waals surface area contributed by atoms with Crippen LogP contribution in [-0.2, 0) is 0 Å². The second-order valence-corrected chi connectivity index (χ2v) is 8.19. The predicted molar refractivity (Wildman–Crippen MR) is 89.8 cm³/mol.